The molecule has 1 unspecified atom stereocenters. The number of hydrogen-bond acceptors (Lipinski definition) is 3. The fourth-order valence-corrected chi connectivity index (χ4v) is 2.65. The van der Waals surface area contributed by atoms with E-state index >= 15 is 0 Å². The molecule has 106 valence electrons. The molecule has 0 bridgehead atoms. The minimum Gasteiger partial charge on any atom is -0.478 e. The number of hydrogen-bond donors (Lipinski definition) is 1. The lowest BCUT2D eigenvalue weighted by Gasteiger charge is -2.26. The minimum atomic E-state index is -0.498. The zero-order chi connectivity index (χ0) is 14.4. The number of rotatable bonds is 1. The number of anilines is 1. The van der Waals surface area contributed by atoms with Gasteiger partial charge in [0.1, 0.15) is 22.9 Å². The van der Waals surface area contributed by atoms with Crippen molar-refractivity contribution in [3.63, 3.8) is 0 Å². The Hall–Kier alpha value is -2.20. The number of fused-ring (bicyclic) bond motifs is 2. The Balaban J connectivity index is 1.70. The number of benzene rings is 2. The van der Waals surface area contributed by atoms with Gasteiger partial charge in [-0.15, -0.1) is 0 Å². The van der Waals surface area contributed by atoms with E-state index in [9.17, 15) is 4.39 Å². The molecule has 1 N–H and O–H groups in total. The van der Waals surface area contributed by atoms with Gasteiger partial charge in [0.05, 0.1) is 17.3 Å². The topological polar surface area (TPSA) is 34.4 Å². The van der Waals surface area contributed by atoms with Gasteiger partial charge in [0.25, 0.3) is 0 Å². The summed E-state index contributed by atoms with van der Waals surface area (Å²) < 4.78 is 25.2. The van der Waals surface area contributed by atoms with Crippen LogP contribution >= 0.6 is 11.6 Å². The lowest BCUT2D eigenvalue weighted by atomic mass is 10.1. The summed E-state index contributed by atoms with van der Waals surface area (Å²) in [7, 11) is 0. The van der Waals surface area contributed by atoms with Crippen molar-refractivity contribution in [1.29, 1.82) is 0 Å². The average Bonchev–Trinajstić information content (AvgIpc) is 2.92. The Bertz CT molecular complexity index is 797. The Morgan fingerprint density at radius 3 is 2.90 bits per heavy atom. The largest absolute Gasteiger partial charge is 0.478 e. The lowest BCUT2D eigenvalue weighted by molar-refractivity contribution is 0.183. The van der Waals surface area contributed by atoms with Crippen molar-refractivity contribution in [2.45, 2.75) is 6.10 Å². The second-order valence-corrected chi connectivity index (χ2v) is 5.34. The van der Waals surface area contributed by atoms with Gasteiger partial charge in [-0.3, -0.25) is 0 Å². The van der Waals surface area contributed by atoms with Crippen molar-refractivity contribution in [3.05, 3.63) is 59.1 Å². The summed E-state index contributed by atoms with van der Waals surface area (Å²) in [6.07, 6.45) is -0.300. The van der Waals surface area contributed by atoms with Gasteiger partial charge in [-0.2, -0.15) is 0 Å². The zero-order valence-corrected chi connectivity index (χ0v) is 11.7. The Morgan fingerprint density at radius 1 is 1.19 bits per heavy atom. The van der Waals surface area contributed by atoms with Crippen LogP contribution in [0, 0.1) is 5.82 Å². The maximum atomic E-state index is 13.5. The molecule has 3 nitrogen and oxygen atoms in total. The third-order valence-corrected chi connectivity index (χ3v) is 3.82. The van der Waals surface area contributed by atoms with Crippen LogP contribution in [0.3, 0.4) is 0 Å². The number of nitrogens with one attached hydrogen (secondary N) is 1. The predicted molar refractivity (Wildman–Crippen MR) is 79.5 cm³/mol. The van der Waals surface area contributed by atoms with Crippen LogP contribution in [0.4, 0.5) is 10.1 Å². The summed E-state index contributed by atoms with van der Waals surface area (Å²) in [5.74, 6) is 0.654. The van der Waals surface area contributed by atoms with Crippen LogP contribution < -0.4 is 10.1 Å². The van der Waals surface area contributed by atoms with E-state index in [1.807, 2.05) is 30.3 Å². The smallest absolute Gasteiger partial charge is 0.173 e. The third kappa shape index (κ3) is 2.12. The van der Waals surface area contributed by atoms with E-state index < -0.39 is 5.82 Å². The van der Waals surface area contributed by atoms with E-state index in [-0.39, 0.29) is 11.1 Å². The van der Waals surface area contributed by atoms with Crippen molar-refractivity contribution in [3.8, 4) is 5.75 Å². The highest BCUT2D eigenvalue weighted by molar-refractivity contribution is 6.31. The predicted octanol–water partition coefficient (Wildman–Crippen LogP) is 4.77. The fourth-order valence-electron chi connectivity index (χ4n) is 2.48. The number of halogens is 2. The van der Waals surface area contributed by atoms with E-state index in [0.717, 1.165) is 11.0 Å². The number of ether oxygens (including phenoxy) is 1. The normalized spacial score (nSPS) is 17.1. The molecule has 0 saturated heterocycles. The van der Waals surface area contributed by atoms with Crippen LogP contribution in [0.5, 0.6) is 5.75 Å². The molecule has 3 aromatic rings. The minimum absolute atomic E-state index is 0.0760. The van der Waals surface area contributed by atoms with Gasteiger partial charge in [0.15, 0.2) is 6.10 Å². The summed E-state index contributed by atoms with van der Waals surface area (Å²) in [5.41, 5.74) is 1.50. The van der Waals surface area contributed by atoms with E-state index in [1.165, 1.54) is 12.1 Å². The van der Waals surface area contributed by atoms with Gasteiger partial charge in [-0.25, -0.2) is 4.39 Å². The van der Waals surface area contributed by atoms with Crippen molar-refractivity contribution >= 4 is 28.3 Å². The Morgan fingerprint density at radius 2 is 2.05 bits per heavy atom. The first-order chi connectivity index (χ1) is 10.2. The van der Waals surface area contributed by atoms with Crippen LogP contribution in [-0.2, 0) is 0 Å². The highest BCUT2D eigenvalue weighted by Crippen LogP contribution is 2.38. The van der Waals surface area contributed by atoms with Crippen molar-refractivity contribution in [1.82, 2.24) is 0 Å². The van der Waals surface area contributed by atoms with Crippen LogP contribution in [0.1, 0.15) is 11.9 Å². The molecule has 0 aliphatic carbocycles. The Kier molecular flexibility index (Phi) is 2.79. The molecule has 0 radical (unpaired) electrons. The zero-order valence-electron chi connectivity index (χ0n) is 10.9. The molecule has 1 aliphatic heterocycles. The summed E-state index contributed by atoms with van der Waals surface area (Å²) in [4.78, 5) is 0. The molecular formula is C16H11ClFNO2. The van der Waals surface area contributed by atoms with Gasteiger partial charge in [-0.1, -0.05) is 29.8 Å². The maximum Gasteiger partial charge on any atom is 0.173 e. The second kappa shape index (κ2) is 4.67. The average molecular weight is 304 g/mol. The van der Waals surface area contributed by atoms with Crippen LogP contribution in [0.15, 0.2) is 46.9 Å². The first-order valence-corrected chi connectivity index (χ1v) is 6.96. The molecule has 1 aliphatic rings. The molecule has 0 spiro atoms. The van der Waals surface area contributed by atoms with Gasteiger partial charge < -0.3 is 14.5 Å². The third-order valence-electron chi connectivity index (χ3n) is 3.53. The van der Waals surface area contributed by atoms with Crippen LogP contribution in [0.25, 0.3) is 11.0 Å². The van der Waals surface area contributed by atoms with Crippen molar-refractivity contribution in [2.75, 3.05) is 11.9 Å². The summed E-state index contributed by atoms with van der Waals surface area (Å²) in [6.45, 7) is 0.536. The maximum absolute atomic E-state index is 13.5. The standard InChI is InChI=1S/C16H11ClFNO2/c17-10-6-12-14(7-11(10)18)21-16(8-19-12)15-5-9-3-1-2-4-13(9)20-15/h1-7,16,19H,8H2. The molecule has 21 heavy (non-hydrogen) atoms. The first kappa shape index (κ1) is 12.5. The van der Waals surface area contributed by atoms with E-state index in [4.69, 9.17) is 20.8 Å². The molecule has 1 atom stereocenters. The monoisotopic (exact) mass is 303 g/mol. The van der Waals surface area contributed by atoms with E-state index in [2.05, 4.69) is 5.32 Å². The van der Waals surface area contributed by atoms with E-state index in [1.54, 1.807) is 0 Å². The number of furan rings is 1. The van der Waals surface area contributed by atoms with Crippen LogP contribution in [-0.4, -0.2) is 6.54 Å². The molecule has 2 heterocycles. The Labute approximate surface area is 125 Å². The highest BCUT2D eigenvalue weighted by atomic mass is 35.5. The van der Waals surface area contributed by atoms with E-state index in [0.29, 0.717) is 23.7 Å². The van der Waals surface area contributed by atoms with Gasteiger partial charge in [0.2, 0.25) is 0 Å². The fraction of sp³-hybridized carbons (Fsp3) is 0.125. The molecular weight excluding hydrogens is 293 g/mol. The highest BCUT2D eigenvalue weighted by Gasteiger charge is 2.25. The summed E-state index contributed by atoms with van der Waals surface area (Å²) in [6, 6.07) is 12.5. The summed E-state index contributed by atoms with van der Waals surface area (Å²) in [5, 5.41) is 4.28. The SMILES string of the molecule is Fc1cc2c(cc1Cl)NCC(c1cc3ccccc3o1)O2. The van der Waals surface area contributed by atoms with Crippen molar-refractivity contribution < 1.29 is 13.5 Å². The molecule has 2 aromatic carbocycles. The first-order valence-electron chi connectivity index (χ1n) is 6.59. The molecule has 0 amide bonds. The number of para-hydroxylation sites is 1. The quantitative estimate of drug-likeness (QED) is 0.703. The molecule has 4 rings (SSSR count). The molecule has 1 aromatic heterocycles. The summed E-state index contributed by atoms with van der Waals surface area (Å²) >= 11 is 5.76. The molecule has 0 saturated carbocycles. The van der Waals surface area contributed by atoms with Crippen molar-refractivity contribution in [2.24, 2.45) is 0 Å². The second-order valence-electron chi connectivity index (χ2n) is 4.94. The van der Waals surface area contributed by atoms with Gasteiger partial charge in [-0.05, 0) is 18.2 Å². The lowest BCUT2D eigenvalue weighted by Crippen LogP contribution is -2.23. The molecule has 5 heteroatoms. The van der Waals surface area contributed by atoms with Gasteiger partial charge >= 0.3 is 0 Å². The molecule has 0 fully saturated rings. The van der Waals surface area contributed by atoms with Crippen LogP contribution in [0.2, 0.25) is 5.02 Å². The van der Waals surface area contributed by atoms with Gasteiger partial charge in [0, 0.05) is 11.5 Å².